The second-order valence-electron chi connectivity index (χ2n) is 5.20. The van der Waals surface area contributed by atoms with Crippen LogP contribution in [0, 0.1) is 0 Å². The number of amides is 1. The molecule has 1 amide bonds. The summed E-state index contributed by atoms with van der Waals surface area (Å²) in [5, 5.41) is 12.1. The molecule has 6 nitrogen and oxygen atoms in total. The summed E-state index contributed by atoms with van der Waals surface area (Å²) in [5.41, 5.74) is -1.42. The summed E-state index contributed by atoms with van der Waals surface area (Å²) in [4.78, 5) is 37.4. The van der Waals surface area contributed by atoms with Gasteiger partial charge in [-0.05, 0) is 18.9 Å². The van der Waals surface area contributed by atoms with Gasteiger partial charge in [-0.1, -0.05) is 25.7 Å². The third-order valence-corrected chi connectivity index (χ3v) is 3.76. The van der Waals surface area contributed by atoms with Crippen LogP contribution in [-0.2, 0) is 4.79 Å². The largest absolute Gasteiger partial charge is 0.480 e. The molecule has 1 aliphatic carbocycles. The molecule has 1 fully saturated rings. The molecule has 108 valence electrons. The average molecular weight is 278 g/mol. The SMILES string of the molecule is O=C(NC1(C(=O)O)CCCCCC1)c1cc[nH]c(=O)c1. The minimum Gasteiger partial charge on any atom is -0.480 e. The molecule has 0 unspecified atom stereocenters. The number of aliphatic carboxylic acids is 1. The summed E-state index contributed by atoms with van der Waals surface area (Å²) in [7, 11) is 0. The van der Waals surface area contributed by atoms with Crippen molar-refractivity contribution >= 4 is 11.9 Å². The number of aromatic amines is 1. The zero-order chi connectivity index (χ0) is 14.6. The second kappa shape index (κ2) is 5.90. The number of nitrogens with one attached hydrogen (secondary N) is 2. The van der Waals surface area contributed by atoms with Gasteiger partial charge in [0.2, 0.25) is 5.56 Å². The Labute approximate surface area is 116 Å². The number of pyridine rings is 1. The Morgan fingerprint density at radius 3 is 2.40 bits per heavy atom. The monoisotopic (exact) mass is 278 g/mol. The van der Waals surface area contributed by atoms with Crippen molar-refractivity contribution in [2.45, 2.75) is 44.1 Å². The topological polar surface area (TPSA) is 99.3 Å². The van der Waals surface area contributed by atoms with Crippen molar-refractivity contribution in [2.24, 2.45) is 0 Å². The van der Waals surface area contributed by atoms with Gasteiger partial charge in [0, 0.05) is 17.8 Å². The molecule has 2 rings (SSSR count). The van der Waals surface area contributed by atoms with Crippen molar-refractivity contribution in [3.05, 3.63) is 34.2 Å². The molecule has 0 aliphatic heterocycles. The molecule has 0 spiro atoms. The molecule has 0 radical (unpaired) electrons. The minimum atomic E-state index is -1.21. The predicted octanol–water partition coefficient (Wildman–Crippen LogP) is 1.28. The number of carboxylic acids is 1. The fraction of sp³-hybridized carbons (Fsp3) is 0.500. The van der Waals surface area contributed by atoms with Crippen molar-refractivity contribution in [3.63, 3.8) is 0 Å². The Morgan fingerprint density at radius 2 is 1.85 bits per heavy atom. The van der Waals surface area contributed by atoms with E-state index >= 15 is 0 Å². The van der Waals surface area contributed by atoms with Crippen LogP contribution in [0.3, 0.4) is 0 Å². The van der Waals surface area contributed by atoms with Crippen LogP contribution in [0.4, 0.5) is 0 Å². The van der Waals surface area contributed by atoms with Crippen molar-refractivity contribution in [1.82, 2.24) is 10.3 Å². The number of hydrogen-bond acceptors (Lipinski definition) is 3. The Kier molecular flexibility index (Phi) is 4.22. The van der Waals surface area contributed by atoms with Crippen molar-refractivity contribution in [3.8, 4) is 0 Å². The van der Waals surface area contributed by atoms with Gasteiger partial charge in [-0.3, -0.25) is 9.59 Å². The van der Waals surface area contributed by atoms with Gasteiger partial charge in [-0.25, -0.2) is 4.79 Å². The number of rotatable bonds is 3. The van der Waals surface area contributed by atoms with Crippen LogP contribution in [0.15, 0.2) is 23.1 Å². The van der Waals surface area contributed by atoms with Gasteiger partial charge in [-0.2, -0.15) is 0 Å². The molecule has 1 aromatic heterocycles. The lowest BCUT2D eigenvalue weighted by molar-refractivity contribution is -0.145. The van der Waals surface area contributed by atoms with Gasteiger partial charge in [0.25, 0.3) is 5.91 Å². The highest BCUT2D eigenvalue weighted by Gasteiger charge is 2.40. The van der Waals surface area contributed by atoms with Gasteiger partial charge in [-0.15, -0.1) is 0 Å². The highest BCUT2D eigenvalue weighted by Crippen LogP contribution is 2.27. The number of carboxylic acid groups (broad SMARTS) is 1. The standard InChI is InChI=1S/C14H18N2O4/c17-11-9-10(5-8-15-11)12(18)16-14(13(19)20)6-3-1-2-4-7-14/h5,8-9H,1-4,6-7H2,(H,15,17)(H,16,18)(H,19,20). The first-order chi connectivity index (χ1) is 9.53. The Morgan fingerprint density at radius 1 is 1.20 bits per heavy atom. The number of H-pyrrole nitrogens is 1. The van der Waals surface area contributed by atoms with E-state index in [4.69, 9.17) is 0 Å². The van der Waals surface area contributed by atoms with Gasteiger partial charge in [0.15, 0.2) is 0 Å². The number of carbonyl (C=O) groups is 2. The number of aromatic nitrogens is 1. The van der Waals surface area contributed by atoms with E-state index in [0.29, 0.717) is 12.8 Å². The highest BCUT2D eigenvalue weighted by molar-refractivity contribution is 5.97. The first-order valence-corrected chi connectivity index (χ1v) is 6.78. The molecule has 0 bridgehead atoms. The maximum absolute atomic E-state index is 12.2. The molecule has 6 heteroatoms. The lowest BCUT2D eigenvalue weighted by Crippen LogP contribution is -2.54. The zero-order valence-corrected chi connectivity index (χ0v) is 11.1. The van der Waals surface area contributed by atoms with Crippen LogP contribution in [0.25, 0.3) is 0 Å². The maximum Gasteiger partial charge on any atom is 0.329 e. The van der Waals surface area contributed by atoms with Crippen LogP contribution in [-0.4, -0.2) is 27.5 Å². The predicted molar refractivity (Wildman–Crippen MR) is 72.6 cm³/mol. The molecular formula is C14H18N2O4. The molecule has 1 aromatic rings. The minimum absolute atomic E-state index is 0.179. The van der Waals surface area contributed by atoms with Crippen LogP contribution in [0.2, 0.25) is 0 Å². The number of hydrogen-bond donors (Lipinski definition) is 3. The zero-order valence-electron chi connectivity index (χ0n) is 11.1. The van der Waals surface area contributed by atoms with E-state index < -0.39 is 17.4 Å². The van der Waals surface area contributed by atoms with E-state index in [1.54, 1.807) is 0 Å². The summed E-state index contributed by atoms with van der Waals surface area (Å²) in [6.07, 6.45) is 5.75. The third kappa shape index (κ3) is 3.07. The second-order valence-corrected chi connectivity index (χ2v) is 5.20. The van der Waals surface area contributed by atoms with Gasteiger partial charge >= 0.3 is 5.97 Å². The van der Waals surface area contributed by atoms with Crippen LogP contribution >= 0.6 is 0 Å². The molecule has 1 aliphatic rings. The van der Waals surface area contributed by atoms with Gasteiger partial charge in [0.05, 0.1) is 0 Å². The summed E-state index contributed by atoms with van der Waals surface area (Å²) < 4.78 is 0. The van der Waals surface area contributed by atoms with Crippen LogP contribution < -0.4 is 10.9 Å². The molecule has 0 atom stereocenters. The number of carbonyl (C=O) groups excluding carboxylic acids is 1. The van der Waals surface area contributed by atoms with E-state index in [9.17, 15) is 19.5 Å². The van der Waals surface area contributed by atoms with Crippen molar-refractivity contribution < 1.29 is 14.7 Å². The van der Waals surface area contributed by atoms with E-state index in [1.807, 2.05) is 0 Å². The summed E-state index contributed by atoms with van der Waals surface area (Å²) in [5.74, 6) is -1.52. The molecule has 1 heterocycles. The normalized spacial score (nSPS) is 18.0. The third-order valence-electron chi connectivity index (χ3n) is 3.76. The van der Waals surface area contributed by atoms with Crippen molar-refractivity contribution in [2.75, 3.05) is 0 Å². The summed E-state index contributed by atoms with van der Waals surface area (Å²) in [6, 6.07) is 2.63. The molecule has 3 N–H and O–H groups in total. The van der Waals surface area contributed by atoms with Gasteiger partial charge < -0.3 is 15.4 Å². The summed E-state index contributed by atoms with van der Waals surface area (Å²) >= 11 is 0. The fourth-order valence-electron chi connectivity index (χ4n) is 2.60. The molecule has 1 saturated carbocycles. The first-order valence-electron chi connectivity index (χ1n) is 6.78. The van der Waals surface area contributed by atoms with E-state index in [-0.39, 0.29) is 11.1 Å². The summed E-state index contributed by atoms with van der Waals surface area (Å²) in [6.45, 7) is 0. The van der Waals surface area contributed by atoms with Crippen molar-refractivity contribution in [1.29, 1.82) is 0 Å². The smallest absolute Gasteiger partial charge is 0.329 e. The fourth-order valence-corrected chi connectivity index (χ4v) is 2.60. The quantitative estimate of drug-likeness (QED) is 0.725. The Bertz CT molecular complexity index is 556. The van der Waals surface area contributed by atoms with Crippen LogP contribution in [0.1, 0.15) is 48.9 Å². The Balaban J connectivity index is 2.21. The highest BCUT2D eigenvalue weighted by atomic mass is 16.4. The van der Waals surface area contributed by atoms with E-state index in [2.05, 4.69) is 10.3 Å². The maximum atomic E-state index is 12.2. The van der Waals surface area contributed by atoms with Gasteiger partial charge in [0.1, 0.15) is 5.54 Å². The molecule has 20 heavy (non-hydrogen) atoms. The molecule has 0 saturated heterocycles. The molecular weight excluding hydrogens is 260 g/mol. The molecule has 0 aromatic carbocycles. The van der Waals surface area contributed by atoms with E-state index in [0.717, 1.165) is 25.7 Å². The Hall–Kier alpha value is -2.11. The van der Waals surface area contributed by atoms with E-state index in [1.165, 1.54) is 18.3 Å². The van der Waals surface area contributed by atoms with Crippen LogP contribution in [0.5, 0.6) is 0 Å². The lowest BCUT2D eigenvalue weighted by atomic mass is 9.90. The first kappa shape index (κ1) is 14.3. The lowest BCUT2D eigenvalue weighted by Gasteiger charge is -2.29. The average Bonchev–Trinajstić information content (AvgIpc) is 2.65.